The molecule has 0 aromatic rings. The van der Waals surface area contributed by atoms with Gasteiger partial charge in [0.15, 0.2) is 5.78 Å². The van der Waals surface area contributed by atoms with Crippen LogP contribution in [0.2, 0.25) is 0 Å². The molecule has 3 atom stereocenters. The Bertz CT molecular complexity index is 465. The van der Waals surface area contributed by atoms with Crippen LogP contribution in [0.15, 0.2) is 11.6 Å². The van der Waals surface area contributed by atoms with E-state index in [1.54, 1.807) is 19.9 Å². The number of allylic oxidation sites excluding steroid dienone is 1. The van der Waals surface area contributed by atoms with Crippen molar-refractivity contribution in [3.63, 3.8) is 0 Å². The minimum absolute atomic E-state index is 0.0557. The van der Waals surface area contributed by atoms with Crippen molar-refractivity contribution in [3.05, 3.63) is 11.6 Å². The van der Waals surface area contributed by atoms with E-state index in [2.05, 4.69) is 0 Å². The van der Waals surface area contributed by atoms with Gasteiger partial charge in [-0.25, -0.2) is 0 Å². The van der Waals surface area contributed by atoms with E-state index in [0.717, 1.165) is 0 Å². The third-order valence-electron chi connectivity index (χ3n) is 4.13. The molecule has 0 unspecified atom stereocenters. The summed E-state index contributed by atoms with van der Waals surface area (Å²) in [4.78, 5) is 24.3. The summed E-state index contributed by atoms with van der Waals surface area (Å²) in [6.07, 6.45) is 0.374. The van der Waals surface area contributed by atoms with Gasteiger partial charge in [-0.3, -0.25) is 9.59 Å². The first-order valence-corrected chi connectivity index (χ1v) is 6.98. The van der Waals surface area contributed by atoms with Crippen LogP contribution in [0.5, 0.6) is 0 Å². The molecule has 112 valence electrons. The lowest BCUT2D eigenvalue weighted by molar-refractivity contribution is -0.220. The zero-order valence-electron chi connectivity index (χ0n) is 12.4. The number of ether oxygens (including phenoxy) is 2. The Balaban J connectivity index is 2.49. The number of esters is 1. The number of carbonyl (C=O) groups excluding carboxylic acids is 2. The van der Waals surface area contributed by atoms with Gasteiger partial charge in [-0.2, -0.15) is 0 Å². The predicted octanol–water partition coefficient (Wildman–Crippen LogP) is 1.38. The first-order chi connectivity index (χ1) is 9.23. The van der Waals surface area contributed by atoms with Crippen molar-refractivity contribution in [2.24, 2.45) is 5.41 Å². The Morgan fingerprint density at radius 2 is 2.20 bits per heavy atom. The summed E-state index contributed by atoms with van der Waals surface area (Å²) in [6.45, 7) is 7.30. The maximum atomic E-state index is 12.4. The molecule has 1 fully saturated rings. The smallest absolute Gasteiger partial charge is 0.321 e. The summed E-state index contributed by atoms with van der Waals surface area (Å²) in [7, 11) is 0. The molecule has 0 radical (unpaired) electrons. The molecule has 0 saturated carbocycles. The summed E-state index contributed by atoms with van der Waals surface area (Å²) in [5.41, 5.74) is -1.35. The first kappa shape index (κ1) is 15.2. The summed E-state index contributed by atoms with van der Waals surface area (Å²) in [5, 5.41) is 10.6. The molecule has 0 amide bonds. The van der Waals surface area contributed by atoms with Gasteiger partial charge >= 0.3 is 5.97 Å². The zero-order valence-corrected chi connectivity index (χ0v) is 12.4. The fraction of sp³-hybridized carbons (Fsp3) is 0.733. The highest BCUT2D eigenvalue weighted by Gasteiger charge is 2.59. The molecule has 0 bridgehead atoms. The lowest BCUT2D eigenvalue weighted by atomic mass is 9.65. The standard InChI is InChI=1S/C15H22O5/c1-5-19-13(18)15-7-9(2)10(16)6-12(15)20-14(3,4)8-11(15)17/h7,11-12,17H,5-6,8H2,1-4H3/t11-,12-,15+/m1/s1. The van der Waals surface area contributed by atoms with Gasteiger partial charge in [0.2, 0.25) is 0 Å². The molecule has 2 rings (SSSR count). The van der Waals surface area contributed by atoms with E-state index >= 15 is 0 Å². The number of carbonyl (C=O) groups is 2. The van der Waals surface area contributed by atoms with Crippen molar-refractivity contribution in [1.82, 2.24) is 0 Å². The van der Waals surface area contributed by atoms with Crippen molar-refractivity contribution >= 4 is 11.8 Å². The van der Waals surface area contributed by atoms with Crippen molar-refractivity contribution in [2.75, 3.05) is 6.61 Å². The minimum Gasteiger partial charge on any atom is -0.465 e. The maximum absolute atomic E-state index is 12.4. The average molecular weight is 282 g/mol. The highest BCUT2D eigenvalue weighted by molar-refractivity contribution is 5.99. The van der Waals surface area contributed by atoms with Crippen LogP contribution in [-0.2, 0) is 19.1 Å². The summed E-state index contributed by atoms with van der Waals surface area (Å²) < 4.78 is 11.0. The highest BCUT2D eigenvalue weighted by Crippen LogP contribution is 2.47. The van der Waals surface area contributed by atoms with Gasteiger partial charge in [0.25, 0.3) is 0 Å². The Morgan fingerprint density at radius 1 is 1.55 bits per heavy atom. The predicted molar refractivity (Wildman–Crippen MR) is 72.0 cm³/mol. The molecule has 1 N–H and O–H groups in total. The van der Waals surface area contributed by atoms with Crippen LogP contribution < -0.4 is 0 Å². The van der Waals surface area contributed by atoms with Crippen LogP contribution in [0, 0.1) is 5.41 Å². The molecule has 5 nitrogen and oxygen atoms in total. The molecule has 20 heavy (non-hydrogen) atoms. The monoisotopic (exact) mass is 282 g/mol. The molecule has 0 spiro atoms. The third-order valence-corrected chi connectivity index (χ3v) is 4.13. The van der Waals surface area contributed by atoms with Crippen molar-refractivity contribution in [1.29, 1.82) is 0 Å². The lowest BCUT2D eigenvalue weighted by Gasteiger charge is -2.50. The molecule has 0 aromatic carbocycles. The van der Waals surface area contributed by atoms with Gasteiger partial charge in [-0.1, -0.05) is 6.08 Å². The van der Waals surface area contributed by atoms with Crippen LogP contribution in [0.3, 0.4) is 0 Å². The molecule has 1 aliphatic heterocycles. The Kier molecular flexibility index (Phi) is 3.77. The summed E-state index contributed by atoms with van der Waals surface area (Å²) in [5.74, 6) is -0.570. The summed E-state index contributed by atoms with van der Waals surface area (Å²) in [6, 6.07) is 0. The third kappa shape index (κ3) is 2.29. The van der Waals surface area contributed by atoms with Crippen molar-refractivity contribution in [2.45, 2.75) is 58.3 Å². The van der Waals surface area contributed by atoms with Gasteiger partial charge in [0.05, 0.1) is 24.4 Å². The fourth-order valence-corrected chi connectivity index (χ4v) is 3.13. The van der Waals surface area contributed by atoms with Gasteiger partial charge in [-0.15, -0.1) is 0 Å². The van der Waals surface area contributed by atoms with E-state index < -0.39 is 29.2 Å². The molecular formula is C15H22O5. The van der Waals surface area contributed by atoms with E-state index in [1.165, 1.54) is 0 Å². The second kappa shape index (κ2) is 4.97. The molecule has 2 aliphatic rings. The van der Waals surface area contributed by atoms with Crippen LogP contribution in [0.4, 0.5) is 0 Å². The Hall–Kier alpha value is -1.20. The second-order valence-corrected chi connectivity index (χ2v) is 6.19. The van der Waals surface area contributed by atoms with Gasteiger partial charge in [0, 0.05) is 12.8 Å². The van der Waals surface area contributed by atoms with E-state index in [0.29, 0.717) is 12.0 Å². The van der Waals surface area contributed by atoms with Gasteiger partial charge in [0.1, 0.15) is 5.41 Å². The van der Waals surface area contributed by atoms with Crippen molar-refractivity contribution < 1.29 is 24.2 Å². The van der Waals surface area contributed by atoms with Gasteiger partial charge in [-0.05, 0) is 33.3 Å². The maximum Gasteiger partial charge on any atom is 0.321 e. The number of ketones is 1. The summed E-state index contributed by atoms with van der Waals surface area (Å²) >= 11 is 0. The minimum atomic E-state index is -1.26. The second-order valence-electron chi connectivity index (χ2n) is 6.19. The topological polar surface area (TPSA) is 72.8 Å². The van der Waals surface area contributed by atoms with E-state index in [4.69, 9.17) is 9.47 Å². The average Bonchev–Trinajstić information content (AvgIpc) is 2.31. The number of Topliss-reactive ketones (excluding diaryl/α,β-unsaturated/α-hetero) is 1. The Labute approximate surface area is 118 Å². The molecule has 0 aromatic heterocycles. The fourth-order valence-electron chi connectivity index (χ4n) is 3.13. The van der Waals surface area contributed by atoms with Crippen LogP contribution >= 0.6 is 0 Å². The van der Waals surface area contributed by atoms with E-state index in [-0.39, 0.29) is 18.8 Å². The number of aliphatic hydroxyl groups is 1. The molecule has 1 heterocycles. The van der Waals surface area contributed by atoms with Crippen LogP contribution in [0.25, 0.3) is 0 Å². The van der Waals surface area contributed by atoms with Crippen LogP contribution in [0.1, 0.15) is 40.5 Å². The van der Waals surface area contributed by atoms with Gasteiger partial charge < -0.3 is 14.6 Å². The zero-order chi connectivity index (χ0) is 15.1. The van der Waals surface area contributed by atoms with Crippen LogP contribution in [-0.4, -0.2) is 41.3 Å². The van der Waals surface area contributed by atoms with E-state index in [9.17, 15) is 14.7 Å². The largest absolute Gasteiger partial charge is 0.465 e. The number of hydrogen-bond acceptors (Lipinski definition) is 5. The highest BCUT2D eigenvalue weighted by atomic mass is 16.5. The number of hydrogen-bond donors (Lipinski definition) is 1. The van der Waals surface area contributed by atoms with E-state index in [1.807, 2.05) is 13.8 Å². The van der Waals surface area contributed by atoms with Crippen molar-refractivity contribution in [3.8, 4) is 0 Å². The first-order valence-electron chi connectivity index (χ1n) is 6.98. The number of aliphatic hydroxyl groups excluding tert-OH is 1. The molecule has 1 saturated heterocycles. The number of fused-ring (bicyclic) bond motifs is 1. The number of rotatable bonds is 2. The molecular weight excluding hydrogens is 260 g/mol. The quantitative estimate of drug-likeness (QED) is 0.775. The normalized spacial score (nSPS) is 36.0. The lowest BCUT2D eigenvalue weighted by Crippen LogP contribution is -2.62. The molecule has 1 aliphatic carbocycles. The molecule has 5 heteroatoms. The SMILES string of the molecule is CCOC(=O)[C@]12C=C(C)C(=O)C[C@H]1OC(C)(C)C[C@H]2O. The Morgan fingerprint density at radius 3 is 2.80 bits per heavy atom.